The number of nitrogens with one attached hydrogen (secondary N) is 1. The molecular formula is C19H24N4O3. The summed E-state index contributed by atoms with van der Waals surface area (Å²) < 4.78 is 12.3. The third kappa shape index (κ3) is 4.61. The third-order valence-corrected chi connectivity index (χ3v) is 3.93. The summed E-state index contributed by atoms with van der Waals surface area (Å²) in [6.07, 6.45) is 2.31. The lowest BCUT2D eigenvalue weighted by Crippen LogP contribution is -2.26. The van der Waals surface area contributed by atoms with Crippen LogP contribution in [0.15, 0.2) is 22.2 Å². The van der Waals surface area contributed by atoms with Crippen LogP contribution in [0.5, 0.6) is 0 Å². The van der Waals surface area contributed by atoms with Crippen LogP contribution < -0.4 is 5.32 Å². The van der Waals surface area contributed by atoms with E-state index in [9.17, 15) is 10.1 Å². The Morgan fingerprint density at radius 2 is 2.19 bits per heavy atom. The number of carbonyl (C=O) groups excluding carboxylic acids is 1. The Hall–Kier alpha value is -2.85. The molecule has 0 saturated carbocycles. The summed E-state index contributed by atoms with van der Waals surface area (Å²) in [7, 11) is 0. The third-order valence-electron chi connectivity index (χ3n) is 3.93. The first-order valence-corrected chi connectivity index (χ1v) is 8.58. The van der Waals surface area contributed by atoms with Gasteiger partial charge in [0.1, 0.15) is 17.4 Å². The van der Waals surface area contributed by atoms with Crippen molar-refractivity contribution in [3.63, 3.8) is 0 Å². The summed E-state index contributed by atoms with van der Waals surface area (Å²) in [4.78, 5) is 12.2. The van der Waals surface area contributed by atoms with Crippen LogP contribution >= 0.6 is 0 Å². The van der Waals surface area contributed by atoms with Crippen molar-refractivity contribution < 1.29 is 14.1 Å². The van der Waals surface area contributed by atoms with E-state index >= 15 is 0 Å². The summed E-state index contributed by atoms with van der Waals surface area (Å²) in [6.45, 7) is 9.31. The molecule has 2 aromatic rings. The number of ether oxygens (including phenoxy) is 1. The minimum atomic E-state index is -0.383. The van der Waals surface area contributed by atoms with Gasteiger partial charge in [-0.1, -0.05) is 5.16 Å². The van der Waals surface area contributed by atoms with Gasteiger partial charge in [-0.2, -0.15) is 5.26 Å². The summed E-state index contributed by atoms with van der Waals surface area (Å²) >= 11 is 0. The molecule has 0 atom stereocenters. The highest BCUT2D eigenvalue weighted by Crippen LogP contribution is 2.22. The molecule has 0 saturated heterocycles. The average molecular weight is 356 g/mol. The van der Waals surface area contributed by atoms with E-state index in [2.05, 4.69) is 10.5 Å². The second kappa shape index (κ2) is 9.02. The Kier molecular flexibility index (Phi) is 6.75. The number of hydrogen-bond donors (Lipinski definition) is 1. The molecule has 0 radical (unpaired) electrons. The normalized spacial score (nSPS) is 11.4. The van der Waals surface area contributed by atoms with E-state index in [0.717, 1.165) is 17.0 Å². The maximum atomic E-state index is 12.2. The molecular weight excluding hydrogens is 332 g/mol. The minimum Gasteiger partial charge on any atom is -0.382 e. The SMILES string of the molecule is CCOCCCNC(=O)/C(C#N)=C/c1cc(C)n(-c2cc(C)on2)c1C. The van der Waals surface area contributed by atoms with E-state index in [-0.39, 0.29) is 11.5 Å². The lowest BCUT2D eigenvalue weighted by atomic mass is 10.1. The topological polar surface area (TPSA) is 93.1 Å². The maximum absolute atomic E-state index is 12.2. The second-order valence-corrected chi connectivity index (χ2v) is 5.93. The van der Waals surface area contributed by atoms with Crippen molar-refractivity contribution in [3.05, 3.63) is 40.4 Å². The zero-order valence-electron chi connectivity index (χ0n) is 15.6. The molecule has 2 heterocycles. The molecule has 0 aromatic carbocycles. The Labute approximate surface area is 153 Å². The smallest absolute Gasteiger partial charge is 0.261 e. The molecule has 2 aromatic heterocycles. The van der Waals surface area contributed by atoms with Crippen LogP contribution in [0.4, 0.5) is 0 Å². The van der Waals surface area contributed by atoms with Gasteiger partial charge in [-0.05, 0) is 51.8 Å². The maximum Gasteiger partial charge on any atom is 0.261 e. The van der Waals surface area contributed by atoms with Gasteiger partial charge in [0.05, 0.1) is 0 Å². The summed E-state index contributed by atoms with van der Waals surface area (Å²) in [6, 6.07) is 5.73. The Bertz CT molecular complexity index is 840. The summed E-state index contributed by atoms with van der Waals surface area (Å²) in [5.41, 5.74) is 2.69. The van der Waals surface area contributed by atoms with Crippen LogP contribution in [0, 0.1) is 32.1 Å². The Morgan fingerprint density at radius 3 is 2.81 bits per heavy atom. The number of carbonyl (C=O) groups is 1. The first kappa shape index (κ1) is 19.5. The molecule has 2 rings (SSSR count). The molecule has 7 heteroatoms. The van der Waals surface area contributed by atoms with Crippen LogP contribution in [-0.4, -0.2) is 35.4 Å². The van der Waals surface area contributed by atoms with Crippen molar-refractivity contribution in [3.8, 4) is 11.9 Å². The van der Waals surface area contributed by atoms with E-state index in [0.29, 0.717) is 37.8 Å². The standard InChI is InChI=1S/C19H24N4O3/c1-5-25-8-6-7-21-19(24)17(12-20)11-16-9-13(2)23(15(16)4)18-10-14(3)26-22-18/h9-11H,5-8H2,1-4H3,(H,21,24)/b17-11+. The molecule has 26 heavy (non-hydrogen) atoms. The number of hydrogen-bond acceptors (Lipinski definition) is 5. The molecule has 0 unspecified atom stereocenters. The number of aryl methyl sites for hydroxylation is 2. The molecule has 1 amide bonds. The highest BCUT2D eigenvalue weighted by Gasteiger charge is 2.15. The number of amides is 1. The molecule has 0 bridgehead atoms. The molecule has 0 aliphatic heterocycles. The van der Waals surface area contributed by atoms with E-state index in [4.69, 9.17) is 9.26 Å². The largest absolute Gasteiger partial charge is 0.382 e. The van der Waals surface area contributed by atoms with Crippen molar-refractivity contribution in [2.24, 2.45) is 0 Å². The van der Waals surface area contributed by atoms with Gasteiger partial charge in [0.2, 0.25) is 0 Å². The van der Waals surface area contributed by atoms with Gasteiger partial charge in [-0.15, -0.1) is 0 Å². The lowest BCUT2D eigenvalue weighted by Gasteiger charge is -2.05. The monoisotopic (exact) mass is 356 g/mol. The molecule has 0 aliphatic carbocycles. The van der Waals surface area contributed by atoms with Crippen LogP contribution in [-0.2, 0) is 9.53 Å². The van der Waals surface area contributed by atoms with Gasteiger partial charge in [0.15, 0.2) is 5.82 Å². The highest BCUT2D eigenvalue weighted by atomic mass is 16.5. The van der Waals surface area contributed by atoms with Gasteiger partial charge in [-0.3, -0.25) is 9.36 Å². The van der Waals surface area contributed by atoms with Crippen molar-refractivity contribution >= 4 is 12.0 Å². The van der Waals surface area contributed by atoms with Gasteiger partial charge in [0, 0.05) is 37.2 Å². The van der Waals surface area contributed by atoms with Crippen molar-refractivity contribution in [2.45, 2.75) is 34.1 Å². The van der Waals surface area contributed by atoms with E-state index < -0.39 is 0 Å². The minimum absolute atomic E-state index is 0.0676. The van der Waals surface area contributed by atoms with E-state index in [1.165, 1.54) is 0 Å². The van der Waals surface area contributed by atoms with Crippen molar-refractivity contribution in [1.29, 1.82) is 5.26 Å². The highest BCUT2D eigenvalue weighted by molar-refractivity contribution is 6.01. The molecule has 0 aliphatic rings. The number of nitriles is 1. The predicted molar refractivity (Wildman–Crippen MR) is 97.8 cm³/mol. The van der Waals surface area contributed by atoms with Crippen molar-refractivity contribution in [1.82, 2.24) is 15.0 Å². The fourth-order valence-electron chi connectivity index (χ4n) is 2.66. The van der Waals surface area contributed by atoms with Crippen LogP contribution in [0.2, 0.25) is 0 Å². The lowest BCUT2D eigenvalue weighted by molar-refractivity contribution is -0.117. The molecule has 7 nitrogen and oxygen atoms in total. The molecule has 1 N–H and O–H groups in total. The fraction of sp³-hybridized carbons (Fsp3) is 0.421. The first-order valence-electron chi connectivity index (χ1n) is 8.58. The predicted octanol–water partition coefficient (Wildman–Crippen LogP) is 2.84. The van der Waals surface area contributed by atoms with Crippen molar-refractivity contribution in [2.75, 3.05) is 19.8 Å². The molecule has 0 fully saturated rings. The van der Waals surface area contributed by atoms with Gasteiger partial charge >= 0.3 is 0 Å². The van der Waals surface area contributed by atoms with Crippen LogP contribution in [0.1, 0.15) is 36.1 Å². The van der Waals surface area contributed by atoms with Gasteiger partial charge in [0.25, 0.3) is 5.91 Å². The van der Waals surface area contributed by atoms with Crippen LogP contribution in [0.25, 0.3) is 11.9 Å². The average Bonchev–Trinajstić information content (AvgIpc) is 3.15. The molecule has 138 valence electrons. The van der Waals surface area contributed by atoms with E-state index in [1.54, 1.807) is 6.08 Å². The fourth-order valence-corrected chi connectivity index (χ4v) is 2.66. The first-order chi connectivity index (χ1) is 12.5. The zero-order chi connectivity index (χ0) is 19.1. The summed E-state index contributed by atoms with van der Waals surface area (Å²) in [5.74, 6) is 1.01. The molecule has 0 spiro atoms. The summed E-state index contributed by atoms with van der Waals surface area (Å²) in [5, 5.41) is 16.1. The quantitative estimate of drug-likeness (QED) is 0.446. The van der Waals surface area contributed by atoms with Crippen LogP contribution in [0.3, 0.4) is 0 Å². The number of nitrogens with zero attached hydrogens (tertiary/aromatic N) is 3. The number of aromatic nitrogens is 2. The van der Waals surface area contributed by atoms with Gasteiger partial charge in [-0.25, -0.2) is 0 Å². The Balaban J connectivity index is 2.16. The van der Waals surface area contributed by atoms with E-state index in [1.807, 2.05) is 50.5 Å². The number of rotatable bonds is 8. The van der Waals surface area contributed by atoms with Gasteiger partial charge < -0.3 is 14.6 Å². The Morgan fingerprint density at radius 1 is 1.42 bits per heavy atom. The second-order valence-electron chi connectivity index (χ2n) is 5.93. The zero-order valence-corrected chi connectivity index (χ0v) is 15.6.